The van der Waals surface area contributed by atoms with Crippen molar-refractivity contribution in [3.05, 3.63) is 45.1 Å². The molecule has 2 aromatic rings. The van der Waals surface area contributed by atoms with Gasteiger partial charge in [0, 0.05) is 4.88 Å². The van der Waals surface area contributed by atoms with Crippen molar-refractivity contribution in [2.75, 3.05) is 16.8 Å². The number of nitrogens with zero attached hydrogens (tertiary/aromatic N) is 1. The molecule has 4 rings (SSSR count). The number of benzene rings is 1. The highest BCUT2D eigenvalue weighted by Crippen LogP contribution is 2.37. The molecule has 1 atom stereocenters. The average Bonchev–Trinajstić information content (AvgIpc) is 3.27. The third kappa shape index (κ3) is 3.79. The number of thiophene rings is 1. The number of alkyl halides is 3. The first-order chi connectivity index (χ1) is 14.1. The lowest BCUT2D eigenvalue weighted by atomic mass is 10.1. The van der Waals surface area contributed by atoms with E-state index < -0.39 is 35.6 Å². The normalized spacial score (nSPS) is 16.5. The van der Waals surface area contributed by atoms with Gasteiger partial charge in [0.1, 0.15) is 11.4 Å². The SMILES string of the molecule is CC(OC(=O)c1cc2c(s1)CCC2)C(=O)N1CC(=O)Nc2cc(C(F)(F)F)ccc21. The van der Waals surface area contributed by atoms with Crippen LogP contribution in [0.25, 0.3) is 0 Å². The van der Waals surface area contributed by atoms with Crippen molar-refractivity contribution in [1.82, 2.24) is 0 Å². The molecule has 0 saturated carbocycles. The zero-order valence-electron chi connectivity index (χ0n) is 15.8. The molecule has 10 heteroatoms. The summed E-state index contributed by atoms with van der Waals surface area (Å²) in [7, 11) is 0. The number of halogens is 3. The van der Waals surface area contributed by atoms with E-state index in [9.17, 15) is 27.6 Å². The monoisotopic (exact) mass is 438 g/mol. The number of aryl methyl sites for hydroxylation is 2. The van der Waals surface area contributed by atoms with Gasteiger partial charge in [-0.05, 0) is 56.0 Å². The maximum Gasteiger partial charge on any atom is 0.416 e. The van der Waals surface area contributed by atoms with E-state index in [1.807, 2.05) is 0 Å². The topological polar surface area (TPSA) is 75.7 Å². The number of rotatable bonds is 3. The summed E-state index contributed by atoms with van der Waals surface area (Å²) >= 11 is 1.34. The number of hydrogen-bond donors (Lipinski definition) is 1. The summed E-state index contributed by atoms with van der Waals surface area (Å²) in [6, 6.07) is 4.50. The number of hydrogen-bond acceptors (Lipinski definition) is 5. The molecule has 2 amide bonds. The molecular weight excluding hydrogens is 421 g/mol. The van der Waals surface area contributed by atoms with E-state index in [4.69, 9.17) is 4.74 Å². The number of carbonyl (C=O) groups excluding carboxylic acids is 3. The van der Waals surface area contributed by atoms with Gasteiger partial charge in [-0.3, -0.25) is 14.5 Å². The lowest BCUT2D eigenvalue weighted by Gasteiger charge is -2.31. The van der Waals surface area contributed by atoms with Crippen LogP contribution in [0.15, 0.2) is 24.3 Å². The Balaban J connectivity index is 1.52. The molecule has 6 nitrogen and oxygen atoms in total. The Hall–Kier alpha value is -2.88. The number of fused-ring (bicyclic) bond motifs is 2. The molecule has 0 fully saturated rings. The van der Waals surface area contributed by atoms with E-state index in [0.717, 1.165) is 52.8 Å². The van der Waals surface area contributed by atoms with E-state index in [2.05, 4.69) is 5.32 Å². The molecule has 1 aliphatic carbocycles. The zero-order valence-corrected chi connectivity index (χ0v) is 16.7. The summed E-state index contributed by atoms with van der Waals surface area (Å²) in [5.74, 6) is -1.96. The van der Waals surface area contributed by atoms with E-state index in [-0.39, 0.29) is 17.9 Å². The van der Waals surface area contributed by atoms with Crippen LogP contribution >= 0.6 is 11.3 Å². The molecule has 0 bridgehead atoms. The van der Waals surface area contributed by atoms with Gasteiger partial charge in [0.15, 0.2) is 6.10 Å². The van der Waals surface area contributed by atoms with Gasteiger partial charge >= 0.3 is 12.1 Å². The lowest BCUT2D eigenvalue weighted by Crippen LogP contribution is -2.47. The van der Waals surface area contributed by atoms with E-state index in [1.165, 1.54) is 18.3 Å². The van der Waals surface area contributed by atoms with Crippen LogP contribution in [0.5, 0.6) is 0 Å². The van der Waals surface area contributed by atoms with Crippen molar-refractivity contribution < 1.29 is 32.3 Å². The Kier molecular flexibility index (Phi) is 5.05. The Labute approximate surface area is 173 Å². The quantitative estimate of drug-likeness (QED) is 0.740. The Morgan fingerprint density at radius 3 is 2.70 bits per heavy atom. The fourth-order valence-electron chi connectivity index (χ4n) is 3.58. The van der Waals surface area contributed by atoms with Crippen LogP contribution in [0, 0.1) is 0 Å². The molecule has 1 aliphatic heterocycles. The molecule has 30 heavy (non-hydrogen) atoms. The maximum absolute atomic E-state index is 13.0. The maximum atomic E-state index is 13.0. The summed E-state index contributed by atoms with van der Waals surface area (Å²) in [5.41, 5.74) is 0.169. The van der Waals surface area contributed by atoms with Crippen molar-refractivity contribution in [2.24, 2.45) is 0 Å². The summed E-state index contributed by atoms with van der Waals surface area (Å²) in [5, 5.41) is 2.35. The highest BCUT2D eigenvalue weighted by molar-refractivity contribution is 7.14. The smallest absolute Gasteiger partial charge is 0.416 e. The van der Waals surface area contributed by atoms with Crippen molar-refractivity contribution in [2.45, 2.75) is 38.5 Å². The number of ether oxygens (including phenoxy) is 1. The number of carbonyl (C=O) groups is 3. The van der Waals surface area contributed by atoms with Crippen LogP contribution in [0.4, 0.5) is 24.5 Å². The second-order valence-electron chi connectivity index (χ2n) is 7.16. The van der Waals surface area contributed by atoms with Crippen molar-refractivity contribution in [1.29, 1.82) is 0 Å². The third-order valence-corrected chi connectivity index (χ3v) is 6.25. The number of anilines is 2. The minimum Gasteiger partial charge on any atom is -0.448 e. The van der Waals surface area contributed by atoms with E-state index in [0.29, 0.717) is 4.88 Å². The second-order valence-corrected chi connectivity index (χ2v) is 8.30. The summed E-state index contributed by atoms with van der Waals surface area (Å²) < 4.78 is 44.1. The average molecular weight is 438 g/mol. The predicted octanol–water partition coefficient (Wildman–Crippen LogP) is 3.79. The number of nitrogens with one attached hydrogen (secondary N) is 1. The molecular formula is C20H17F3N2O4S. The molecule has 0 radical (unpaired) electrons. The van der Waals surface area contributed by atoms with Crippen molar-refractivity contribution >= 4 is 40.5 Å². The van der Waals surface area contributed by atoms with Gasteiger partial charge < -0.3 is 10.1 Å². The first-order valence-electron chi connectivity index (χ1n) is 9.28. The Bertz CT molecular complexity index is 1030. The minimum absolute atomic E-state index is 0.116. The minimum atomic E-state index is -4.59. The van der Waals surface area contributed by atoms with Crippen LogP contribution in [0.3, 0.4) is 0 Å². The predicted molar refractivity (Wildman–Crippen MR) is 104 cm³/mol. The standard InChI is InChI=1S/C20H17F3N2O4S/c1-10(29-19(28)16-7-11-3-2-4-15(11)30-16)18(27)25-9-17(26)24-13-8-12(20(21,22)23)5-6-14(13)25/h5-8,10H,2-4,9H2,1H3,(H,24,26). The molecule has 2 aliphatic rings. The van der Waals surface area contributed by atoms with E-state index in [1.54, 1.807) is 6.07 Å². The molecule has 0 spiro atoms. The Morgan fingerprint density at radius 2 is 2.00 bits per heavy atom. The molecule has 158 valence electrons. The van der Waals surface area contributed by atoms with Crippen LogP contribution in [0.2, 0.25) is 0 Å². The summed E-state index contributed by atoms with van der Waals surface area (Å²) in [4.78, 5) is 39.8. The molecule has 0 saturated heterocycles. The fourth-order valence-corrected chi connectivity index (χ4v) is 4.72. The molecule has 1 N–H and O–H groups in total. The largest absolute Gasteiger partial charge is 0.448 e. The zero-order chi connectivity index (χ0) is 21.6. The third-order valence-electron chi connectivity index (χ3n) is 5.04. The van der Waals surface area contributed by atoms with E-state index >= 15 is 0 Å². The summed E-state index contributed by atoms with van der Waals surface area (Å²) in [6.45, 7) is 0.990. The molecule has 1 aromatic heterocycles. The van der Waals surface area contributed by atoms with Crippen molar-refractivity contribution in [3.8, 4) is 0 Å². The summed E-state index contributed by atoms with van der Waals surface area (Å²) in [6.07, 6.45) is -2.92. The van der Waals surface area contributed by atoms with Gasteiger partial charge in [-0.2, -0.15) is 13.2 Å². The van der Waals surface area contributed by atoms with Crippen LogP contribution in [-0.2, 0) is 33.3 Å². The van der Waals surface area contributed by atoms with Gasteiger partial charge in [0.05, 0.1) is 16.9 Å². The van der Waals surface area contributed by atoms with Gasteiger partial charge in [-0.25, -0.2) is 4.79 Å². The number of esters is 1. The van der Waals surface area contributed by atoms with Gasteiger partial charge in [0.2, 0.25) is 5.91 Å². The Morgan fingerprint density at radius 1 is 1.23 bits per heavy atom. The van der Waals surface area contributed by atoms with Gasteiger partial charge in [-0.15, -0.1) is 11.3 Å². The lowest BCUT2D eigenvalue weighted by molar-refractivity contribution is -0.137. The van der Waals surface area contributed by atoms with Crippen LogP contribution in [-0.4, -0.2) is 30.4 Å². The van der Waals surface area contributed by atoms with Crippen LogP contribution < -0.4 is 10.2 Å². The first kappa shape index (κ1) is 20.4. The highest BCUT2D eigenvalue weighted by Gasteiger charge is 2.36. The molecule has 1 unspecified atom stereocenters. The molecule has 2 heterocycles. The van der Waals surface area contributed by atoms with Crippen molar-refractivity contribution in [3.63, 3.8) is 0 Å². The molecule has 1 aromatic carbocycles. The van der Waals surface area contributed by atoms with Crippen LogP contribution in [0.1, 0.15) is 39.0 Å². The number of amides is 2. The van der Waals surface area contributed by atoms with Gasteiger partial charge in [0.25, 0.3) is 5.91 Å². The first-order valence-corrected chi connectivity index (χ1v) is 10.1. The fraction of sp³-hybridized carbons (Fsp3) is 0.350. The second kappa shape index (κ2) is 7.42. The highest BCUT2D eigenvalue weighted by atomic mass is 32.1. The van der Waals surface area contributed by atoms with Gasteiger partial charge in [-0.1, -0.05) is 0 Å².